The van der Waals surface area contributed by atoms with E-state index in [-0.39, 0.29) is 34.3 Å². The van der Waals surface area contributed by atoms with Gasteiger partial charge in [0.25, 0.3) is 21.8 Å². The number of halogens is 3. The van der Waals surface area contributed by atoms with Crippen LogP contribution in [0.1, 0.15) is 74.6 Å². The summed E-state index contributed by atoms with van der Waals surface area (Å²) in [5.74, 6) is -1.85. The highest BCUT2D eigenvalue weighted by Crippen LogP contribution is 2.33. The van der Waals surface area contributed by atoms with E-state index in [0.29, 0.717) is 41.2 Å². The normalized spacial score (nSPS) is 12.8. The maximum atomic E-state index is 14.3. The third-order valence-electron chi connectivity index (χ3n) is 9.17. The predicted molar refractivity (Wildman–Crippen MR) is 235 cm³/mol. The summed E-state index contributed by atoms with van der Waals surface area (Å²) in [6, 6.07) is 20.1. The first kappa shape index (κ1) is 48.7. The van der Waals surface area contributed by atoms with Crippen LogP contribution in [0.4, 0.5) is 23.7 Å². The van der Waals surface area contributed by atoms with E-state index in [4.69, 9.17) is 14.2 Å². The van der Waals surface area contributed by atoms with Gasteiger partial charge in [0.05, 0.1) is 23.6 Å². The van der Waals surface area contributed by atoms with E-state index < -0.39 is 73.6 Å². The Bertz CT molecular complexity index is 2680. The van der Waals surface area contributed by atoms with Crippen molar-refractivity contribution in [3.8, 4) is 28.9 Å². The lowest BCUT2D eigenvalue weighted by Crippen LogP contribution is -2.55. The lowest BCUT2D eigenvalue weighted by Gasteiger charge is -2.32. The number of anilines is 1. The van der Waals surface area contributed by atoms with E-state index in [2.05, 4.69) is 32.5 Å². The molecular weight excluding hydrogens is 870 g/mol. The minimum absolute atomic E-state index is 0.0103. The van der Waals surface area contributed by atoms with Gasteiger partial charge in [0.1, 0.15) is 23.4 Å². The molecule has 0 aliphatic carbocycles. The fraction of sp³-hybridized carbons (Fsp3) is 0.261. The summed E-state index contributed by atoms with van der Waals surface area (Å²) in [5, 5.41) is 7.96. The van der Waals surface area contributed by atoms with Gasteiger partial charge in [-0.25, -0.2) is 17.9 Å². The molecule has 2 atom stereocenters. The van der Waals surface area contributed by atoms with E-state index in [0.717, 1.165) is 6.07 Å². The van der Waals surface area contributed by atoms with Crippen LogP contribution in [0, 0.1) is 5.41 Å². The molecule has 4 N–H and O–H groups in total. The van der Waals surface area contributed by atoms with Crippen LogP contribution in [-0.2, 0) is 30.5 Å². The molecular formula is C46H47F3N6O9S. The number of methoxy groups -OCH3 is 1. The van der Waals surface area contributed by atoms with Crippen LogP contribution in [-0.4, -0.2) is 61.0 Å². The number of sulfonamides is 1. The summed E-state index contributed by atoms with van der Waals surface area (Å²) in [4.78, 5) is 63.0. The third-order valence-corrected chi connectivity index (χ3v) is 10.5. The van der Waals surface area contributed by atoms with Crippen molar-refractivity contribution < 1.29 is 55.0 Å². The molecule has 0 fully saturated rings. The Balaban J connectivity index is 1.47. The lowest BCUT2D eigenvalue weighted by molar-refractivity contribution is -0.137. The number of rotatable bonds is 14. The predicted octanol–water partition coefficient (Wildman–Crippen LogP) is 8.46. The summed E-state index contributed by atoms with van der Waals surface area (Å²) < 4.78 is 83.9. The number of alkyl halides is 3. The number of amides is 4. The van der Waals surface area contributed by atoms with E-state index >= 15 is 0 Å². The van der Waals surface area contributed by atoms with Gasteiger partial charge in [0.15, 0.2) is 5.82 Å². The van der Waals surface area contributed by atoms with Gasteiger partial charge in [0.2, 0.25) is 17.7 Å². The highest BCUT2D eigenvalue weighted by atomic mass is 32.2. The van der Waals surface area contributed by atoms with Crippen molar-refractivity contribution in [1.82, 2.24) is 25.3 Å². The molecule has 0 radical (unpaired) electrons. The first-order valence-electron chi connectivity index (χ1n) is 19.7. The Kier molecular flexibility index (Phi) is 14.7. The van der Waals surface area contributed by atoms with Gasteiger partial charge in [-0.15, -0.1) is 0 Å². The molecule has 0 saturated heterocycles. The summed E-state index contributed by atoms with van der Waals surface area (Å²) >= 11 is 0. The number of benzene rings is 4. The molecule has 342 valence electrons. The van der Waals surface area contributed by atoms with Crippen LogP contribution < -0.4 is 30.1 Å². The molecule has 0 bridgehead atoms. The standard InChI is InChI=1S/C46H47F3N6O9S/c1-9-27-24-29(18-23-34(27)63-36-26-35(62-8)51-39(52-36)28-14-11-10-12-15-28)37(53-42(58)38(44(2,3)4)54-43(59)64-45(5,6)7)41(57)50-32-17-13-16-30(25-32)40(56)55-65(60,61)33-21-19-31(20-22-33)46(47,48)49/h9-26,37-38H,1H2,2-8H3,(H,50,57)(H,53,58)(H,54,59)(H,55,56)/t37?,38-/m1/s1. The number of aromatic nitrogens is 2. The van der Waals surface area contributed by atoms with Crippen molar-refractivity contribution in [3.05, 3.63) is 132 Å². The Labute approximate surface area is 373 Å². The van der Waals surface area contributed by atoms with Crippen LogP contribution in [0.5, 0.6) is 17.5 Å². The van der Waals surface area contributed by atoms with Crippen molar-refractivity contribution in [2.75, 3.05) is 12.4 Å². The average molecular weight is 917 g/mol. The molecule has 1 unspecified atom stereocenters. The summed E-state index contributed by atoms with van der Waals surface area (Å²) in [5.41, 5.74) is -1.88. The van der Waals surface area contributed by atoms with E-state index in [1.165, 1.54) is 55.7 Å². The van der Waals surface area contributed by atoms with Crippen LogP contribution in [0.2, 0.25) is 0 Å². The zero-order valence-corrected chi connectivity index (χ0v) is 37.2. The van der Waals surface area contributed by atoms with Crippen molar-refractivity contribution in [2.24, 2.45) is 5.41 Å². The topological polar surface area (TPSA) is 204 Å². The molecule has 0 saturated carbocycles. The molecule has 5 rings (SSSR count). The first-order chi connectivity index (χ1) is 30.4. The molecule has 15 nitrogen and oxygen atoms in total. The van der Waals surface area contributed by atoms with Gasteiger partial charge < -0.3 is 30.2 Å². The van der Waals surface area contributed by atoms with Crippen LogP contribution in [0.3, 0.4) is 0 Å². The molecule has 65 heavy (non-hydrogen) atoms. The van der Waals surface area contributed by atoms with Gasteiger partial charge in [-0.05, 0) is 86.3 Å². The molecule has 1 heterocycles. The Morgan fingerprint density at radius 2 is 1.43 bits per heavy atom. The SMILES string of the molecule is C=Cc1cc(C(NC(=O)[C@@H](NC(=O)OC(C)(C)C)C(C)(C)C)C(=O)Nc2cccc(C(=O)NS(=O)(=O)c3ccc(C(F)(F)F)cc3)c2)ccc1Oc1cc(OC)nc(-c2ccccc2)n1. The maximum absolute atomic E-state index is 14.3. The average Bonchev–Trinajstić information content (AvgIpc) is 3.23. The second kappa shape index (κ2) is 19.6. The van der Waals surface area contributed by atoms with Gasteiger partial charge in [0, 0.05) is 22.4 Å². The van der Waals surface area contributed by atoms with Gasteiger partial charge >= 0.3 is 12.3 Å². The largest absolute Gasteiger partial charge is 0.481 e. The summed E-state index contributed by atoms with van der Waals surface area (Å²) in [6.07, 6.45) is -4.14. The fourth-order valence-electron chi connectivity index (χ4n) is 6.03. The van der Waals surface area contributed by atoms with E-state index in [9.17, 15) is 40.8 Å². The molecule has 5 aromatic rings. The van der Waals surface area contributed by atoms with Crippen LogP contribution in [0.15, 0.2) is 115 Å². The Morgan fingerprint density at radius 1 is 0.769 bits per heavy atom. The van der Waals surface area contributed by atoms with Crippen molar-refractivity contribution in [3.63, 3.8) is 0 Å². The van der Waals surface area contributed by atoms with Gasteiger partial charge in [-0.1, -0.05) is 75.9 Å². The number of ether oxygens (including phenoxy) is 3. The highest BCUT2D eigenvalue weighted by Gasteiger charge is 2.37. The van der Waals surface area contributed by atoms with Crippen molar-refractivity contribution in [1.29, 1.82) is 0 Å². The molecule has 19 heteroatoms. The molecule has 4 amide bonds. The third kappa shape index (κ3) is 13.1. The fourth-order valence-corrected chi connectivity index (χ4v) is 7.01. The zero-order chi connectivity index (χ0) is 47.9. The van der Waals surface area contributed by atoms with E-state index in [1.807, 2.05) is 35.1 Å². The first-order valence-corrected chi connectivity index (χ1v) is 21.2. The van der Waals surface area contributed by atoms with Crippen LogP contribution >= 0.6 is 0 Å². The zero-order valence-electron chi connectivity index (χ0n) is 36.4. The molecule has 1 aromatic heterocycles. The number of carbonyl (C=O) groups excluding carboxylic acids is 4. The number of hydrogen-bond donors (Lipinski definition) is 4. The van der Waals surface area contributed by atoms with E-state index in [1.54, 1.807) is 41.5 Å². The number of hydrogen-bond acceptors (Lipinski definition) is 11. The van der Waals surface area contributed by atoms with Crippen molar-refractivity contribution in [2.45, 2.75) is 70.3 Å². The number of alkyl carbamates (subject to hydrolysis) is 1. The summed E-state index contributed by atoms with van der Waals surface area (Å²) in [6.45, 7) is 14.0. The summed E-state index contributed by atoms with van der Waals surface area (Å²) in [7, 11) is -3.18. The number of nitrogens with one attached hydrogen (secondary N) is 4. The number of nitrogens with zero attached hydrogens (tertiary/aromatic N) is 2. The van der Waals surface area contributed by atoms with Crippen molar-refractivity contribution >= 4 is 45.6 Å². The lowest BCUT2D eigenvalue weighted by atomic mass is 9.86. The maximum Gasteiger partial charge on any atom is 0.416 e. The highest BCUT2D eigenvalue weighted by molar-refractivity contribution is 7.90. The number of carbonyl (C=O) groups is 4. The Hall–Kier alpha value is -7.28. The second-order valence-electron chi connectivity index (χ2n) is 16.5. The molecule has 0 aliphatic heterocycles. The second-order valence-corrected chi connectivity index (χ2v) is 18.1. The Morgan fingerprint density at radius 3 is 2.03 bits per heavy atom. The smallest absolute Gasteiger partial charge is 0.416 e. The van der Waals surface area contributed by atoms with Crippen LogP contribution in [0.25, 0.3) is 17.5 Å². The minimum Gasteiger partial charge on any atom is -0.481 e. The van der Waals surface area contributed by atoms with Gasteiger partial charge in [-0.2, -0.15) is 23.1 Å². The monoisotopic (exact) mass is 916 g/mol. The quantitative estimate of drug-likeness (QED) is 0.0832. The van der Waals surface area contributed by atoms with Gasteiger partial charge in [-0.3, -0.25) is 14.4 Å². The molecule has 0 spiro atoms. The minimum atomic E-state index is -4.71. The molecule has 4 aromatic carbocycles. The molecule has 0 aliphatic rings.